The molecule has 0 aliphatic carbocycles. The maximum absolute atomic E-state index is 6.51. The zero-order valence-electron chi connectivity index (χ0n) is 22.2. The van der Waals surface area contributed by atoms with Gasteiger partial charge in [0.2, 0.25) is 0 Å². The van der Waals surface area contributed by atoms with Crippen molar-refractivity contribution in [1.82, 2.24) is 0 Å². The second-order valence-electron chi connectivity index (χ2n) is 10.3. The van der Waals surface area contributed by atoms with Crippen LogP contribution in [-0.2, 0) is 12.0 Å². The maximum Gasteiger partial charge on any atom is 0.130 e. The van der Waals surface area contributed by atoms with Crippen LogP contribution < -0.4 is 15.3 Å². The quantitative estimate of drug-likeness (QED) is 0.189. The van der Waals surface area contributed by atoms with Crippen molar-refractivity contribution >= 4 is 30.6 Å². The van der Waals surface area contributed by atoms with E-state index < -0.39 is 0 Å². The van der Waals surface area contributed by atoms with Crippen molar-refractivity contribution in [2.24, 2.45) is 4.99 Å². The summed E-state index contributed by atoms with van der Waals surface area (Å²) in [6, 6.07) is 31.7. The van der Waals surface area contributed by atoms with Crippen LogP contribution in [0, 0.1) is 13.8 Å². The van der Waals surface area contributed by atoms with Crippen LogP contribution in [0.15, 0.2) is 96.0 Å². The Labute approximate surface area is 218 Å². The van der Waals surface area contributed by atoms with E-state index in [2.05, 4.69) is 96.1 Å². The third-order valence-electron chi connectivity index (χ3n) is 6.34. The molecule has 1 atom stereocenters. The number of aryl methyl sites for hydroxylation is 2. The van der Waals surface area contributed by atoms with Crippen LogP contribution in [0.2, 0.25) is 0 Å². The molecule has 0 N–H and O–H groups in total. The molecule has 0 aromatic heterocycles. The average molecular weight is 494 g/mol. The highest BCUT2D eigenvalue weighted by Gasteiger charge is 2.20. The van der Waals surface area contributed by atoms with E-state index >= 15 is 0 Å². The van der Waals surface area contributed by atoms with E-state index in [1.165, 1.54) is 38.4 Å². The Kier molecular flexibility index (Phi) is 8.07. The lowest BCUT2D eigenvalue weighted by atomic mass is 9.86. The lowest BCUT2D eigenvalue weighted by Crippen LogP contribution is -2.20. The third-order valence-corrected chi connectivity index (χ3v) is 7.90. The van der Waals surface area contributed by atoms with Gasteiger partial charge in [0.15, 0.2) is 0 Å². The summed E-state index contributed by atoms with van der Waals surface area (Å²) in [6.07, 6.45) is 0. The number of hydrogen-bond acceptors (Lipinski definition) is 2. The van der Waals surface area contributed by atoms with Crippen molar-refractivity contribution in [1.29, 1.82) is 0 Å². The minimum atomic E-state index is 0.0567. The van der Waals surface area contributed by atoms with Gasteiger partial charge in [-0.15, -0.1) is 0 Å². The maximum atomic E-state index is 6.51. The molecule has 0 radical (unpaired) electrons. The van der Waals surface area contributed by atoms with E-state index in [-0.39, 0.29) is 5.41 Å². The molecule has 36 heavy (non-hydrogen) atoms. The standard InChI is InChI=1S/C33H36NOP/c1-23-14-13-19-29(25(3)34-28-17-11-8-12-18-28)32(23)36-30-21-27(33(4,5)6)20-24(2)31(30)35-22-26-15-9-7-10-16-26/h7-21,36H,22H2,1-6H3. The van der Waals surface area contributed by atoms with Crippen molar-refractivity contribution in [3.63, 3.8) is 0 Å². The number of rotatable bonds is 7. The van der Waals surface area contributed by atoms with Crippen LogP contribution >= 0.6 is 8.58 Å². The highest BCUT2D eigenvalue weighted by molar-refractivity contribution is 7.56. The summed E-state index contributed by atoms with van der Waals surface area (Å²) in [5.41, 5.74) is 8.23. The van der Waals surface area contributed by atoms with E-state index in [9.17, 15) is 0 Å². The van der Waals surface area contributed by atoms with Crippen LogP contribution in [0.3, 0.4) is 0 Å². The summed E-state index contributed by atoms with van der Waals surface area (Å²) >= 11 is 0. The largest absolute Gasteiger partial charge is 0.488 e. The molecular formula is C33H36NOP. The van der Waals surface area contributed by atoms with Gasteiger partial charge >= 0.3 is 0 Å². The van der Waals surface area contributed by atoms with Crippen molar-refractivity contribution in [2.45, 2.75) is 53.6 Å². The summed E-state index contributed by atoms with van der Waals surface area (Å²) in [4.78, 5) is 4.94. The number of ether oxygens (including phenoxy) is 1. The first-order valence-electron chi connectivity index (χ1n) is 12.5. The Bertz CT molecular complexity index is 1350. The van der Waals surface area contributed by atoms with Gasteiger partial charge in [-0.3, -0.25) is 4.99 Å². The lowest BCUT2D eigenvalue weighted by Gasteiger charge is -2.24. The van der Waals surface area contributed by atoms with Gasteiger partial charge in [-0.25, -0.2) is 0 Å². The first-order valence-corrected chi connectivity index (χ1v) is 13.5. The van der Waals surface area contributed by atoms with Gasteiger partial charge in [0, 0.05) is 16.6 Å². The fraction of sp³-hybridized carbons (Fsp3) is 0.242. The third kappa shape index (κ3) is 6.31. The summed E-state index contributed by atoms with van der Waals surface area (Å²) < 4.78 is 6.51. The highest BCUT2D eigenvalue weighted by atomic mass is 31.1. The van der Waals surface area contributed by atoms with E-state index in [0.717, 1.165) is 17.1 Å². The van der Waals surface area contributed by atoms with Crippen molar-refractivity contribution < 1.29 is 4.74 Å². The average Bonchev–Trinajstić information content (AvgIpc) is 2.85. The predicted molar refractivity (Wildman–Crippen MR) is 158 cm³/mol. The molecule has 0 aliphatic heterocycles. The van der Waals surface area contributed by atoms with Gasteiger partial charge in [0.05, 0.1) is 5.69 Å². The van der Waals surface area contributed by atoms with Gasteiger partial charge in [0.25, 0.3) is 0 Å². The fourth-order valence-corrected chi connectivity index (χ4v) is 5.81. The molecule has 0 saturated carbocycles. The molecular weight excluding hydrogens is 457 g/mol. The topological polar surface area (TPSA) is 21.6 Å². The fourth-order valence-electron chi connectivity index (χ4n) is 4.25. The Morgan fingerprint density at radius 2 is 1.47 bits per heavy atom. The molecule has 3 heteroatoms. The molecule has 4 rings (SSSR count). The summed E-state index contributed by atoms with van der Waals surface area (Å²) in [6.45, 7) is 13.9. The van der Waals surface area contributed by atoms with Crippen molar-refractivity contribution in [3.8, 4) is 5.75 Å². The number of aliphatic imine (C=N–C) groups is 1. The van der Waals surface area contributed by atoms with Gasteiger partial charge in [-0.1, -0.05) is 102 Å². The molecule has 4 aromatic rings. The molecule has 4 aromatic carbocycles. The molecule has 0 heterocycles. The SMILES string of the molecule is CC(=Nc1ccccc1)c1cccc(C)c1Pc1cc(C(C)(C)C)cc(C)c1OCc1ccccc1. The molecule has 1 unspecified atom stereocenters. The molecule has 0 amide bonds. The van der Waals surface area contributed by atoms with Crippen LogP contribution in [0.4, 0.5) is 5.69 Å². The second-order valence-corrected chi connectivity index (χ2v) is 11.6. The molecule has 0 aliphatic rings. The minimum absolute atomic E-state index is 0.0567. The van der Waals surface area contributed by atoms with Crippen LogP contribution in [0.1, 0.15) is 55.5 Å². The minimum Gasteiger partial charge on any atom is -0.488 e. The van der Waals surface area contributed by atoms with Crippen molar-refractivity contribution in [2.75, 3.05) is 0 Å². The van der Waals surface area contributed by atoms with Crippen LogP contribution in [-0.4, -0.2) is 5.71 Å². The number of benzene rings is 4. The number of para-hydroxylation sites is 1. The molecule has 0 spiro atoms. The first kappa shape index (κ1) is 25.9. The second kappa shape index (κ2) is 11.2. The van der Waals surface area contributed by atoms with Gasteiger partial charge in [-0.05, 0) is 71.9 Å². The zero-order chi connectivity index (χ0) is 25.7. The molecule has 0 bridgehead atoms. The highest BCUT2D eigenvalue weighted by Crippen LogP contribution is 2.32. The molecule has 0 saturated heterocycles. The normalized spacial score (nSPS) is 12.3. The van der Waals surface area contributed by atoms with Crippen LogP contribution in [0.5, 0.6) is 5.75 Å². The Hall–Kier alpha value is -3.22. The van der Waals surface area contributed by atoms with E-state index in [1.807, 2.05) is 36.4 Å². The Balaban J connectivity index is 1.77. The predicted octanol–water partition coefficient (Wildman–Crippen LogP) is 7.95. The zero-order valence-corrected chi connectivity index (χ0v) is 23.2. The Morgan fingerprint density at radius 3 is 2.14 bits per heavy atom. The smallest absolute Gasteiger partial charge is 0.130 e. The van der Waals surface area contributed by atoms with E-state index in [1.54, 1.807) is 0 Å². The first-order chi connectivity index (χ1) is 17.2. The number of hydrogen-bond donors (Lipinski definition) is 0. The molecule has 0 fully saturated rings. The number of nitrogens with zero attached hydrogens (tertiary/aromatic N) is 1. The van der Waals surface area contributed by atoms with Crippen LogP contribution in [0.25, 0.3) is 0 Å². The van der Waals surface area contributed by atoms with E-state index in [0.29, 0.717) is 15.2 Å². The van der Waals surface area contributed by atoms with Gasteiger partial charge in [0.1, 0.15) is 12.4 Å². The van der Waals surface area contributed by atoms with Crippen molar-refractivity contribution in [3.05, 3.63) is 119 Å². The summed E-state index contributed by atoms with van der Waals surface area (Å²) in [7, 11) is 0.460. The van der Waals surface area contributed by atoms with Gasteiger partial charge in [-0.2, -0.15) is 0 Å². The van der Waals surface area contributed by atoms with Gasteiger partial charge < -0.3 is 4.74 Å². The lowest BCUT2D eigenvalue weighted by molar-refractivity contribution is 0.306. The monoisotopic (exact) mass is 493 g/mol. The summed E-state index contributed by atoms with van der Waals surface area (Å²) in [5.74, 6) is 0.997. The Morgan fingerprint density at radius 1 is 0.806 bits per heavy atom. The molecule has 2 nitrogen and oxygen atoms in total. The molecule has 184 valence electrons. The summed E-state index contributed by atoms with van der Waals surface area (Å²) in [5, 5.41) is 2.57. The van der Waals surface area contributed by atoms with E-state index in [4.69, 9.17) is 9.73 Å².